The first-order chi connectivity index (χ1) is 6.49. The molecular weight excluding hydrogens is 252 g/mol. The Balaban J connectivity index is 3.84. The summed E-state index contributed by atoms with van der Waals surface area (Å²) in [5, 5.41) is 0. The SMILES string of the molecule is C=C(C)C(=O)OCC(Br)C(=O)OCC. The minimum atomic E-state index is -0.620. The molecular formula is C9H13BrO4. The topological polar surface area (TPSA) is 52.6 Å². The standard InChI is InChI=1S/C9H13BrO4/c1-4-13-9(12)7(10)5-14-8(11)6(2)3/h7H,2,4-5H2,1,3H3. The molecule has 1 atom stereocenters. The highest BCUT2D eigenvalue weighted by Gasteiger charge is 2.18. The fraction of sp³-hybridized carbons (Fsp3) is 0.556. The second kappa shape index (κ2) is 6.59. The van der Waals surface area contributed by atoms with E-state index in [9.17, 15) is 9.59 Å². The van der Waals surface area contributed by atoms with Crippen molar-refractivity contribution >= 4 is 27.9 Å². The number of alkyl halides is 1. The monoisotopic (exact) mass is 264 g/mol. The Hall–Kier alpha value is -0.840. The van der Waals surface area contributed by atoms with E-state index in [2.05, 4.69) is 22.5 Å². The second-order valence-electron chi connectivity index (χ2n) is 2.60. The smallest absolute Gasteiger partial charge is 0.333 e. The lowest BCUT2D eigenvalue weighted by molar-refractivity contribution is -0.146. The predicted molar refractivity (Wildman–Crippen MR) is 55.1 cm³/mol. The Morgan fingerprint density at radius 1 is 1.43 bits per heavy atom. The van der Waals surface area contributed by atoms with E-state index in [-0.39, 0.29) is 6.61 Å². The van der Waals surface area contributed by atoms with Gasteiger partial charge in [0, 0.05) is 5.57 Å². The summed E-state index contributed by atoms with van der Waals surface area (Å²) < 4.78 is 9.44. The summed E-state index contributed by atoms with van der Waals surface area (Å²) in [6.07, 6.45) is 0. The Labute approximate surface area is 91.4 Å². The van der Waals surface area contributed by atoms with E-state index >= 15 is 0 Å². The fourth-order valence-electron chi connectivity index (χ4n) is 0.573. The summed E-state index contributed by atoms with van der Waals surface area (Å²) in [6.45, 7) is 6.90. The zero-order chi connectivity index (χ0) is 11.1. The molecule has 5 heteroatoms. The summed E-state index contributed by atoms with van der Waals surface area (Å²) in [5.74, 6) is -0.958. The minimum Gasteiger partial charge on any atom is -0.465 e. The van der Waals surface area contributed by atoms with Crippen molar-refractivity contribution in [2.75, 3.05) is 13.2 Å². The van der Waals surface area contributed by atoms with Crippen molar-refractivity contribution in [3.63, 3.8) is 0 Å². The van der Waals surface area contributed by atoms with Crippen molar-refractivity contribution in [2.45, 2.75) is 18.7 Å². The van der Waals surface area contributed by atoms with E-state index in [1.165, 1.54) is 6.92 Å². The maximum atomic E-state index is 11.0. The molecule has 0 aromatic rings. The van der Waals surface area contributed by atoms with Gasteiger partial charge in [0.1, 0.15) is 11.4 Å². The normalized spacial score (nSPS) is 11.6. The van der Waals surface area contributed by atoms with Crippen LogP contribution in [0.4, 0.5) is 0 Å². The average Bonchev–Trinajstić information content (AvgIpc) is 2.13. The molecule has 0 N–H and O–H groups in total. The molecule has 80 valence electrons. The lowest BCUT2D eigenvalue weighted by Crippen LogP contribution is -2.24. The van der Waals surface area contributed by atoms with E-state index in [1.54, 1.807) is 6.92 Å². The lowest BCUT2D eigenvalue weighted by atomic mass is 10.3. The number of carbonyl (C=O) groups is 2. The molecule has 0 fully saturated rings. The first kappa shape index (κ1) is 13.2. The van der Waals surface area contributed by atoms with Crippen molar-refractivity contribution in [1.82, 2.24) is 0 Å². The molecule has 0 amide bonds. The summed E-state index contributed by atoms with van der Waals surface area (Å²) in [5.41, 5.74) is 0.300. The molecule has 0 aromatic heterocycles. The van der Waals surface area contributed by atoms with E-state index in [0.717, 1.165) is 0 Å². The molecule has 14 heavy (non-hydrogen) atoms. The molecule has 0 bridgehead atoms. The van der Waals surface area contributed by atoms with Crippen molar-refractivity contribution in [2.24, 2.45) is 0 Å². The van der Waals surface area contributed by atoms with Gasteiger partial charge in [0.2, 0.25) is 0 Å². The minimum absolute atomic E-state index is 0.0511. The Kier molecular flexibility index (Phi) is 6.19. The van der Waals surface area contributed by atoms with Crippen LogP contribution in [0.1, 0.15) is 13.8 Å². The van der Waals surface area contributed by atoms with Gasteiger partial charge in [-0.05, 0) is 13.8 Å². The van der Waals surface area contributed by atoms with Gasteiger partial charge in [0.25, 0.3) is 0 Å². The van der Waals surface area contributed by atoms with Crippen LogP contribution in [0.2, 0.25) is 0 Å². The first-order valence-corrected chi connectivity index (χ1v) is 5.04. The highest BCUT2D eigenvalue weighted by atomic mass is 79.9. The molecule has 4 nitrogen and oxygen atoms in total. The van der Waals surface area contributed by atoms with Crippen molar-refractivity contribution in [3.05, 3.63) is 12.2 Å². The maximum absolute atomic E-state index is 11.0. The van der Waals surface area contributed by atoms with E-state index in [1.807, 2.05) is 0 Å². The largest absolute Gasteiger partial charge is 0.465 e. The number of halogens is 1. The summed E-state index contributed by atoms with van der Waals surface area (Å²) >= 11 is 3.04. The van der Waals surface area contributed by atoms with Crippen LogP contribution < -0.4 is 0 Å². The van der Waals surface area contributed by atoms with E-state index < -0.39 is 16.8 Å². The van der Waals surface area contributed by atoms with Crippen LogP contribution in [0, 0.1) is 0 Å². The molecule has 0 saturated carbocycles. The number of esters is 2. The van der Waals surface area contributed by atoms with Crippen LogP contribution in [0.3, 0.4) is 0 Å². The molecule has 1 unspecified atom stereocenters. The Bertz CT molecular complexity index is 237. The third kappa shape index (κ3) is 5.01. The summed E-state index contributed by atoms with van der Waals surface area (Å²) in [7, 11) is 0. The van der Waals surface area contributed by atoms with Gasteiger partial charge < -0.3 is 9.47 Å². The van der Waals surface area contributed by atoms with E-state index in [0.29, 0.717) is 12.2 Å². The van der Waals surface area contributed by atoms with Crippen LogP contribution in [0.15, 0.2) is 12.2 Å². The third-order valence-corrected chi connectivity index (χ3v) is 1.89. The number of ether oxygens (including phenoxy) is 2. The van der Waals surface area contributed by atoms with Gasteiger partial charge in [-0.2, -0.15) is 0 Å². The van der Waals surface area contributed by atoms with Gasteiger partial charge in [-0.15, -0.1) is 0 Å². The van der Waals surface area contributed by atoms with Crippen molar-refractivity contribution in [1.29, 1.82) is 0 Å². The van der Waals surface area contributed by atoms with Crippen LogP contribution in [0.5, 0.6) is 0 Å². The van der Waals surface area contributed by atoms with Gasteiger partial charge >= 0.3 is 11.9 Å². The summed E-state index contributed by atoms with van der Waals surface area (Å²) in [4.78, 5) is 21.4. The molecule has 0 heterocycles. The van der Waals surface area contributed by atoms with Crippen LogP contribution >= 0.6 is 15.9 Å². The molecule has 0 aliphatic rings. The molecule has 0 radical (unpaired) electrons. The van der Waals surface area contributed by atoms with Crippen LogP contribution in [-0.4, -0.2) is 30.0 Å². The van der Waals surface area contributed by atoms with Crippen LogP contribution in [-0.2, 0) is 19.1 Å². The van der Waals surface area contributed by atoms with Gasteiger partial charge in [-0.25, -0.2) is 4.79 Å². The van der Waals surface area contributed by atoms with E-state index in [4.69, 9.17) is 9.47 Å². The molecule has 0 aliphatic carbocycles. The molecule has 0 spiro atoms. The van der Waals surface area contributed by atoms with Gasteiger partial charge in [0.15, 0.2) is 0 Å². The van der Waals surface area contributed by atoms with Gasteiger partial charge in [-0.1, -0.05) is 22.5 Å². The van der Waals surface area contributed by atoms with Gasteiger partial charge in [0.05, 0.1) is 6.61 Å². The maximum Gasteiger partial charge on any atom is 0.333 e. The zero-order valence-corrected chi connectivity index (χ0v) is 9.80. The average molecular weight is 265 g/mol. The second-order valence-corrected chi connectivity index (χ2v) is 3.70. The highest BCUT2D eigenvalue weighted by molar-refractivity contribution is 9.10. The number of rotatable bonds is 5. The first-order valence-electron chi connectivity index (χ1n) is 4.12. The van der Waals surface area contributed by atoms with Crippen molar-refractivity contribution < 1.29 is 19.1 Å². The third-order valence-electron chi connectivity index (χ3n) is 1.25. The molecule has 0 aromatic carbocycles. The zero-order valence-electron chi connectivity index (χ0n) is 8.21. The molecule has 0 rings (SSSR count). The Morgan fingerprint density at radius 3 is 2.43 bits per heavy atom. The van der Waals surface area contributed by atoms with Crippen LogP contribution in [0.25, 0.3) is 0 Å². The molecule has 0 saturated heterocycles. The Morgan fingerprint density at radius 2 is 2.00 bits per heavy atom. The number of hydrogen-bond acceptors (Lipinski definition) is 4. The quantitative estimate of drug-likeness (QED) is 0.428. The van der Waals surface area contributed by atoms with Crippen molar-refractivity contribution in [3.8, 4) is 0 Å². The van der Waals surface area contributed by atoms with Gasteiger partial charge in [-0.3, -0.25) is 4.79 Å². The predicted octanol–water partition coefficient (Wildman–Crippen LogP) is 1.43. The fourth-order valence-corrected chi connectivity index (χ4v) is 0.837. The summed E-state index contributed by atoms with van der Waals surface area (Å²) in [6, 6.07) is 0. The lowest BCUT2D eigenvalue weighted by Gasteiger charge is -2.09. The number of carbonyl (C=O) groups excluding carboxylic acids is 2. The molecule has 0 aliphatic heterocycles. The number of hydrogen-bond donors (Lipinski definition) is 0. The highest BCUT2D eigenvalue weighted by Crippen LogP contribution is 2.04.